The average Bonchev–Trinajstić information content (AvgIpc) is 2.92. The van der Waals surface area contributed by atoms with Crippen molar-refractivity contribution in [1.82, 2.24) is 10.2 Å². The van der Waals surface area contributed by atoms with Crippen LogP contribution in [0.5, 0.6) is 5.75 Å². The molecule has 1 saturated heterocycles. The first kappa shape index (κ1) is 18.7. The van der Waals surface area contributed by atoms with Crippen molar-refractivity contribution in [2.75, 3.05) is 20.2 Å². The van der Waals surface area contributed by atoms with Gasteiger partial charge in [0.25, 0.3) is 5.91 Å². The molecule has 1 aromatic rings. The summed E-state index contributed by atoms with van der Waals surface area (Å²) in [6.07, 6.45) is 0.00604. The van der Waals surface area contributed by atoms with Crippen molar-refractivity contribution < 1.29 is 14.3 Å². The smallest absolute Gasteiger partial charge is 0.263 e. The lowest BCUT2D eigenvalue weighted by Gasteiger charge is -2.28. The van der Waals surface area contributed by atoms with E-state index in [0.29, 0.717) is 11.8 Å². The van der Waals surface area contributed by atoms with Gasteiger partial charge >= 0.3 is 0 Å². The summed E-state index contributed by atoms with van der Waals surface area (Å²) in [6.45, 7) is 11.5. The number of carbonyl (C=O) groups excluding carboxylic acids is 1. The van der Waals surface area contributed by atoms with Crippen molar-refractivity contribution in [3.05, 3.63) is 29.8 Å². The Kier molecular flexibility index (Phi) is 5.88. The summed E-state index contributed by atoms with van der Waals surface area (Å²) >= 11 is 0. The molecular weight excluding hydrogens is 304 g/mol. The van der Waals surface area contributed by atoms with Gasteiger partial charge in [0, 0.05) is 26.2 Å². The van der Waals surface area contributed by atoms with Crippen LogP contribution in [0, 0.1) is 6.92 Å². The SMILES string of the molecule is CO[C@@H]1CN(C(C)C)C[C@H]1NC(=O)C(C)(C)Oc1ccc(C)cc1. The number of nitrogens with zero attached hydrogens (tertiary/aromatic N) is 1. The molecule has 2 rings (SSSR count). The van der Waals surface area contributed by atoms with Crippen LogP contribution in [0.15, 0.2) is 24.3 Å². The van der Waals surface area contributed by atoms with Gasteiger partial charge in [0.05, 0.1) is 12.1 Å². The van der Waals surface area contributed by atoms with Gasteiger partial charge in [0.2, 0.25) is 0 Å². The fourth-order valence-corrected chi connectivity index (χ4v) is 2.89. The molecule has 1 aromatic carbocycles. The van der Waals surface area contributed by atoms with Crippen LogP contribution in [0.1, 0.15) is 33.3 Å². The maximum atomic E-state index is 12.7. The molecule has 1 heterocycles. The van der Waals surface area contributed by atoms with Gasteiger partial charge in [0.1, 0.15) is 5.75 Å². The van der Waals surface area contributed by atoms with Crippen molar-refractivity contribution in [3.63, 3.8) is 0 Å². The predicted octanol–water partition coefficient (Wildman–Crippen LogP) is 2.38. The molecule has 1 fully saturated rings. The molecule has 134 valence electrons. The fraction of sp³-hybridized carbons (Fsp3) is 0.632. The van der Waals surface area contributed by atoms with Crippen molar-refractivity contribution in [3.8, 4) is 5.75 Å². The number of aryl methyl sites for hydroxylation is 1. The number of hydrogen-bond donors (Lipinski definition) is 1. The number of nitrogens with one attached hydrogen (secondary N) is 1. The van der Waals surface area contributed by atoms with E-state index in [0.717, 1.165) is 18.7 Å². The molecule has 1 aliphatic heterocycles. The van der Waals surface area contributed by atoms with Gasteiger partial charge in [-0.2, -0.15) is 0 Å². The molecule has 24 heavy (non-hydrogen) atoms. The van der Waals surface area contributed by atoms with Crippen LogP contribution in [0.2, 0.25) is 0 Å². The van der Waals surface area contributed by atoms with E-state index < -0.39 is 5.60 Å². The highest BCUT2D eigenvalue weighted by atomic mass is 16.5. The van der Waals surface area contributed by atoms with Crippen LogP contribution in [0.25, 0.3) is 0 Å². The monoisotopic (exact) mass is 334 g/mol. The Morgan fingerprint density at radius 2 is 1.88 bits per heavy atom. The maximum absolute atomic E-state index is 12.7. The molecule has 0 aromatic heterocycles. The Labute approximate surface area is 145 Å². The second-order valence-corrected chi connectivity index (χ2v) is 7.33. The number of likely N-dealkylation sites (tertiary alicyclic amines) is 1. The van der Waals surface area contributed by atoms with Crippen LogP contribution in [0.4, 0.5) is 0 Å². The minimum Gasteiger partial charge on any atom is -0.478 e. The van der Waals surface area contributed by atoms with Crippen molar-refractivity contribution in [2.45, 2.75) is 58.4 Å². The first-order valence-corrected chi connectivity index (χ1v) is 8.56. The molecule has 0 spiro atoms. The molecule has 5 nitrogen and oxygen atoms in total. The highest BCUT2D eigenvalue weighted by Gasteiger charge is 2.38. The zero-order valence-electron chi connectivity index (χ0n) is 15.6. The molecule has 0 radical (unpaired) electrons. The van der Waals surface area contributed by atoms with E-state index >= 15 is 0 Å². The molecular formula is C19H30N2O3. The Hall–Kier alpha value is -1.59. The fourth-order valence-electron chi connectivity index (χ4n) is 2.89. The molecule has 5 heteroatoms. The lowest BCUT2D eigenvalue weighted by atomic mass is 10.1. The minimum absolute atomic E-state index is 0.00604. The zero-order chi connectivity index (χ0) is 17.9. The minimum atomic E-state index is -0.946. The lowest BCUT2D eigenvalue weighted by molar-refractivity contribution is -0.135. The number of benzene rings is 1. The van der Waals surface area contributed by atoms with Gasteiger partial charge in [-0.3, -0.25) is 9.69 Å². The van der Waals surface area contributed by atoms with Crippen LogP contribution in [0.3, 0.4) is 0 Å². The molecule has 1 N–H and O–H groups in total. The third-order valence-corrected chi connectivity index (χ3v) is 4.58. The molecule has 0 bridgehead atoms. The summed E-state index contributed by atoms with van der Waals surface area (Å²) in [6, 6.07) is 8.13. The van der Waals surface area contributed by atoms with Gasteiger partial charge in [-0.15, -0.1) is 0 Å². The van der Waals surface area contributed by atoms with Crippen molar-refractivity contribution in [2.24, 2.45) is 0 Å². The summed E-state index contributed by atoms with van der Waals surface area (Å²) in [5.41, 5.74) is 0.214. The van der Waals surface area contributed by atoms with Gasteiger partial charge in [-0.1, -0.05) is 17.7 Å². The average molecular weight is 334 g/mol. The standard InChI is InChI=1S/C19H30N2O3/c1-13(2)21-11-16(17(12-21)23-6)20-18(22)19(4,5)24-15-9-7-14(3)8-10-15/h7-10,13,16-17H,11-12H2,1-6H3,(H,20,22)/t16-,17-/m1/s1. The quantitative estimate of drug-likeness (QED) is 0.868. The molecule has 0 unspecified atom stereocenters. The zero-order valence-corrected chi connectivity index (χ0v) is 15.6. The number of ether oxygens (including phenoxy) is 2. The molecule has 2 atom stereocenters. The molecule has 1 aliphatic rings. The van der Waals surface area contributed by atoms with E-state index in [1.54, 1.807) is 21.0 Å². The van der Waals surface area contributed by atoms with Gasteiger partial charge in [-0.25, -0.2) is 0 Å². The van der Waals surface area contributed by atoms with E-state index in [1.807, 2.05) is 31.2 Å². The second-order valence-electron chi connectivity index (χ2n) is 7.33. The Morgan fingerprint density at radius 3 is 2.42 bits per heavy atom. The van der Waals surface area contributed by atoms with Gasteiger partial charge in [-0.05, 0) is 46.8 Å². The molecule has 0 aliphatic carbocycles. The number of hydrogen-bond acceptors (Lipinski definition) is 4. The van der Waals surface area contributed by atoms with Crippen LogP contribution in [-0.4, -0.2) is 54.8 Å². The van der Waals surface area contributed by atoms with E-state index in [2.05, 4.69) is 24.1 Å². The van der Waals surface area contributed by atoms with Crippen molar-refractivity contribution >= 4 is 5.91 Å². The van der Waals surface area contributed by atoms with Crippen molar-refractivity contribution in [1.29, 1.82) is 0 Å². The summed E-state index contributed by atoms with van der Waals surface area (Å²) in [5, 5.41) is 3.11. The van der Waals surface area contributed by atoms with Gasteiger partial charge in [0.15, 0.2) is 5.60 Å². The summed E-state index contributed by atoms with van der Waals surface area (Å²) < 4.78 is 11.5. The Morgan fingerprint density at radius 1 is 1.25 bits per heavy atom. The van der Waals surface area contributed by atoms with E-state index in [4.69, 9.17) is 9.47 Å². The Bertz CT molecular complexity index is 554. The summed E-state index contributed by atoms with van der Waals surface area (Å²) in [4.78, 5) is 15.0. The molecule has 1 amide bonds. The molecule has 0 saturated carbocycles. The van der Waals surface area contributed by atoms with E-state index in [9.17, 15) is 4.79 Å². The number of methoxy groups -OCH3 is 1. The Balaban J connectivity index is 2.00. The maximum Gasteiger partial charge on any atom is 0.263 e. The highest BCUT2D eigenvalue weighted by molar-refractivity contribution is 5.85. The first-order chi connectivity index (χ1) is 11.2. The van der Waals surface area contributed by atoms with Crippen LogP contribution >= 0.6 is 0 Å². The van der Waals surface area contributed by atoms with Crippen LogP contribution in [-0.2, 0) is 9.53 Å². The summed E-state index contributed by atoms with van der Waals surface area (Å²) in [5.74, 6) is 0.569. The predicted molar refractivity (Wildman–Crippen MR) is 95.3 cm³/mol. The normalized spacial score (nSPS) is 22.0. The number of rotatable bonds is 6. The first-order valence-electron chi connectivity index (χ1n) is 8.56. The van der Waals surface area contributed by atoms with E-state index in [1.165, 1.54) is 0 Å². The largest absolute Gasteiger partial charge is 0.478 e. The van der Waals surface area contributed by atoms with Crippen LogP contribution < -0.4 is 10.1 Å². The van der Waals surface area contributed by atoms with E-state index in [-0.39, 0.29) is 18.1 Å². The topological polar surface area (TPSA) is 50.8 Å². The van der Waals surface area contributed by atoms with Gasteiger partial charge < -0.3 is 14.8 Å². The second kappa shape index (κ2) is 7.53. The number of carbonyl (C=O) groups is 1. The third kappa shape index (κ3) is 4.48. The lowest BCUT2D eigenvalue weighted by Crippen LogP contribution is -2.53. The highest BCUT2D eigenvalue weighted by Crippen LogP contribution is 2.21. The third-order valence-electron chi connectivity index (χ3n) is 4.58. The number of amides is 1. The summed E-state index contributed by atoms with van der Waals surface area (Å²) in [7, 11) is 1.70.